The van der Waals surface area contributed by atoms with Crippen molar-refractivity contribution < 1.29 is 14.6 Å². The minimum absolute atomic E-state index is 0.167. The molecule has 0 bridgehead atoms. The van der Waals surface area contributed by atoms with Crippen LogP contribution in [-0.4, -0.2) is 29.8 Å². The first-order valence-electron chi connectivity index (χ1n) is 7.92. The Kier molecular flexibility index (Phi) is 4.63. The van der Waals surface area contributed by atoms with Crippen LogP contribution in [0.2, 0.25) is 0 Å². The van der Waals surface area contributed by atoms with Gasteiger partial charge in [0.05, 0.1) is 18.8 Å². The van der Waals surface area contributed by atoms with Gasteiger partial charge in [0, 0.05) is 18.4 Å². The molecule has 0 aliphatic carbocycles. The molecule has 3 rings (SSSR count). The molecule has 2 unspecified atom stereocenters. The summed E-state index contributed by atoms with van der Waals surface area (Å²) in [7, 11) is 0. The zero-order valence-electron chi connectivity index (χ0n) is 13.2. The normalized spacial score (nSPS) is 15.4. The molecule has 2 aromatic carbocycles. The third kappa shape index (κ3) is 3.71. The van der Waals surface area contributed by atoms with Crippen LogP contribution in [-0.2, 0) is 12.8 Å². The SMILES string of the molecule is CC(NC(=O)c1ccc2c(c1)CCO2)C(O)Cc1ccccc1. The summed E-state index contributed by atoms with van der Waals surface area (Å²) in [5.41, 5.74) is 2.72. The van der Waals surface area contributed by atoms with Gasteiger partial charge in [0.25, 0.3) is 5.91 Å². The van der Waals surface area contributed by atoms with E-state index in [1.54, 1.807) is 6.07 Å². The minimum Gasteiger partial charge on any atom is -0.493 e. The summed E-state index contributed by atoms with van der Waals surface area (Å²) in [4.78, 5) is 12.3. The number of hydrogen-bond donors (Lipinski definition) is 2. The third-order valence-electron chi connectivity index (χ3n) is 4.18. The summed E-state index contributed by atoms with van der Waals surface area (Å²) in [6.07, 6.45) is 0.724. The molecule has 1 aliphatic heterocycles. The van der Waals surface area contributed by atoms with E-state index in [9.17, 15) is 9.90 Å². The Morgan fingerprint density at radius 2 is 2.04 bits per heavy atom. The van der Waals surface area contributed by atoms with E-state index in [1.807, 2.05) is 49.4 Å². The smallest absolute Gasteiger partial charge is 0.251 e. The highest BCUT2D eigenvalue weighted by atomic mass is 16.5. The Bertz CT molecular complexity index is 684. The van der Waals surface area contributed by atoms with Gasteiger partial charge in [-0.15, -0.1) is 0 Å². The molecule has 1 heterocycles. The predicted octanol–water partition coefficient (Wildman–Crippen LogP) is 2.34. The van der Waals surface area contributed by atoms with E-state index < -0.39 is 6.10 Å². The molecule has 2 N–H and O–H groups in total. The lowest BCUT2D eigenvalue weighted by Gasteiger charge is -2.20. The summed E-state index contributed by atoms with van der Waals surface area (Å²) in [5.74, 6) is 0.693. The largest absolute Gasteiger partial charge is 0.493 e. The molecule has 1 aliphatic rings. The number of carbonyl (C=O) groups excluding carboxylic acids is 1. The predicted molar refractivity (Wildman–Crippen MR) is 88.7 cm³/mol. The Hall–Kier alpha value is -2.33. The van der Waals surface area contributed by atoms with E-state index in [-0.39, 0.29) is 11.9 Å². The second kappa shape index (κ2) is 6.84. The van der Waals surface area contributed by atoms with E-state index in [2.05, 4.69) is 5.32 Å². The molecule has 0 saturated carbocycles. The summed E-state index contributed by atoms with van der Waals surface area (Å²) >= 11 is 0. The molecule has 0 spiro atoms. The van der Waals surface area contributed by atoms with E-state index in [0.29, 0.717) is 18.6 Å². The topological polar surface area (TPSA) is 58.6 Å². The molecule has 4 heteroatoms. The van der Waals surface area contributed by atoms with Crippen molar-refractivity contribution >= 4 is 5.91 Å². The van der Waals surface area contributed by atoms with Gasteiger partial charge in [-0.3, -0.25) is 4.79 Å². The Morgan fingerprint density at radius 3 is 2.83 bits per heavy atom. The van der Waals surface area contributed by atoms with Gasteiger partial charge in [-0.05, 0) is 36.2 Å². The number of ether oxygens (including phenoxy) is 1. The second-order valence-corrected chi connectivity index (χ2v) is 5.94. The molecular formula is C19H21NO3. The Balaban J connectivity index is 1.60. The molecule has 120 valence electrons. The fourth-order valence-electron chi connectivity index (χ4n) is 2.75. The number of aliphatic hydroxyl groups excluding tert-OH is 1. The average Bonchev–Trinajstić information content (AvgIpc) is 3.03. The van der Waals surface area contributed by atoms with Gasteiger partial charge in [-0.25, -0.2) is 0 Å². The molecule has 4 nitrogen and oxygen atoms in total. The Morgan fingerprint density at radius 1 is 1.26 bits per heavy atom. The van der Waals surface area contributed by atoms with Crippen LogP contribution < -0.4 is 10.1 Å². The zero-order chi connectivity index (χ0) is 16.2. The van der Waals surface area contributed by atoms with Crippen LogP contribution in [0.5, 0.6) is 5.75 Å². The van der Waals surface area contributed by atoms with Crippen molar-refractivity contribution in [2.45, 2.75) is 31.9 Å². The fraction of sp³-hybridized carbons (Fsp3) is 0.316. The number of amides is 1. The number of hydrogen-bond acceptors (Lipinski definition) is 3. The van der Waals surface area contributed by atoms with Crippen LogP contribution in [0.15, 0.2) is 48.5 Å². The van der Waals surface area contributed by atoms with Crippen LogP contribution in [0.4, 0.5) is 0 Å². The molecule has 0 aromatic heterocycles. The fourth-order valence-corrected chi connectivity index (χ4v) is 2.75. The van der Waals surface area contributed by atoms with Crippen LogP contribution in [0.25, 0.3) is 0 Å². The minimum atomic E-state index is -0.626. The van der Waals surface area contributed by atoms with Crippen molar-refractivity contribution in [1.29, 1.82) is 0 Å². The number of carbonyl (C=O) groups is 1. The van der Waals surface area contributed by atoms with Gasteiger partial charge in [0.1, 0.15) is 5.75 Å². The summed E-state index contributed by atoms with van der Waals surface area (Å²) in [5, 5.41) is 13.2. The van der Waals surface area contributed by atoms with Crippen LogP contribution >= 0.6 is 0 Å². The highest BCUT2D eigenvalue weighted by molar-refractivity contribution is 5.94. The van der Waals surface area contributed by atoms with Gasteiger partial charge in [-0.1, -0.05) is 30.3 Å². The van der Waals surface area contributed by atoms with Crippen molar-refractivity contribution in [3.05, 3.63) is 65.2 Å². The highest BCUT2D eigenvalue weighted by Crippen LogP contribution is 2.25. The van der Waals surface area contributed by atoms with Gasteiger partial charge < -0.3 is 15.2 Å². The van der Waals surface area contributed by atoms with Crippen molar-refractivity contribution in [3.63, 3.8) is 0 Å². The molecular weight excluding hydrogens is 290 g/mol. The molecule has 0 fully saturated rings. The van der Waals surface area contributed by atoms with Gasteiger partial charge >= 0.3 is 0 Å². The monoisotopic (exact) mass is 311 g/mol. The number of benzene rings is 2. The molecule has 1 amide bonds. The first kappa shape index (κ1) is 15.6. The summed E-state index contributed by atoms with van der Waals surface area (Å²) < 4.78 is 5.45. The van der Waals surface area contributed by atoms with E-state index in [0.717, 1.165) is 23.3 Å². The number of fused-ring (bicyclic) bond motifs is 1. The number of rotatable bonds is 5. The van der Waals surface area contributed by atoms with Crippen molar-refractivity contribution in [2.24, 2.45) is 0 Å². The first-order chi connectivity index (χ1) is 11.1. The van der Waals surface area contributed by atoms with Crippen molar-refractivity contribution in [3.8, 4) is 5.75 Å². The van der Waals surface area contributed by atoms with Crippen molar-refractivity contribution in [2.75, 3.05) is 6.61 Å². The molecule has 2 aromatic rings. The average molecular weight is 311 g/mol. The van der Waals surface area contributed by atoms with Gasteiger partial charge in [0.15, 0.2) is 0 Å². The lowest BCUT2D eigenvalue weighted by Crippen LogP contribution is -2.42. The van der Waals surface area contributed by atoms with Crippen molar-refractivity contribution in [1.82, 2.24) is 5.32 Å². The third-order valence-corrected chi connectivity index (χ3v) is 4.18. The zero-order valence-corrected chi connectivity index (χ0v) is 13.2. The lowest BCUT2D eigenvalue weighted by molar-refractivity contribution is 0.0851. The maximum absolute atomic E-state index is 12.3. The number of nitrogens with one attached hydrogen (secondary N) is 1. The van der Waals surface area contributed by atoms with Crippen LogP contribution in [0, 0.1) is 0 Å². The molecule has 23 heavy (non-hydrogen) atoms. The first-order valence-corrected chi connectivity index (χ1v) is 7.92. The second-order valence-electron chi connectivity index (χ2n) is 5.94. The molecule has 0 saturated heterocycles. The van der Waals surface area contributed by atoms with E-state index >= 15 is 0 Å². The summed E-state index contributed by atoms with van der Waals surface area (Å²) in [6.45, 7) is 2.49. The Labute approximate surface area is 136 Å². The van der Waals surface area contributed by atoms with E-state index in [1.165, 1.54) is 0 Å². The maximum Gasteiger partial charge on any atom is 0.251 e. The lowest BCUT2D eigenvalue weighted by atomic mass is 10.0. The van der Waals surface area contributed by atoms with Crippen LogP contribution in [0.1, 0.15) is 28.4 Å². The standard InChI is InChI=1S/C19H21NO3/c1-13(17(21)11-14-5-3-2-4-6-14)20-19(22)16-7-8-18-15(12-16)9-10-23-18/h2-8,12-13,17,21H,9-11H2,1H3,(H,20,22). The van der Waals surface area contributed by atoms with Gasteiger partial charge in [0.2, 0.25) is 0 Å². The quantitative estimate of drug-likeness (QED) is 0.891. The van der Waals surface area contributed by atoms with Gasteiger partial charge in [-0.2, -0.15) is 0 Å². The maximum atomic E-state index is 12.3. The summed E-state index contributed by atoms with van der Waals surface area (Å²) in [6, 6.07) is 14.9. The number of aliphatic hydroxyl groups is 1. The van der Waals surface area contributed by atoms with Crippen LogP contribution in [0.3, 0.4) is 0 Å². The molecule has 2 atom stereocenters. The van der Waals surface area contributed by atoms with E-state index in [4.69, 9.17) is 4.74 Å². The molecule has 0 radical (unpaired) electrons. The highest BCUT2D eigenvalue weighted by Gasteiger charge is 2.19.